The Morgan fingerprint density at radius 2 is 1.95 bits per heavy atom. The molecule has 0 aliphatic rings. The Hall–Kier alpha value is -2.30. The molecular weight excluding hydrogens is 274 g/mol. The molecule has 0 aromatic heterocycles. The third-order valence-corrected chi connectivity index (χ3v) is 3.03. The minimum Gasteiger partial charge on any atom is -0.491 e. The zero-order chi connectivity index (χ0) is 15.4. The van der Waals surface area contributed by atoms with Crippen LogP contribution >= 0.6 is 0 Å². The number of nitrogen functional groups attached to an aromatic ring is 1. The van der Waals surface area contributed by atoms with Gasteiger partial charge in [-0.3, -0.25) is 0 Å². The molecule has 0 saturated heterocycles. The molecule has 112 valence electrons. The molecule has 0 spiro atoms. The second-order valence-electron chi connectivity index (χ2n) is 4.78. The normalized spacial score (nSPS) is 10.5. The van der Waals surface area contributed by atoms with Crippen LogP contribution in [0, 0.1) is 18.6 Å². The van der Waals surface area contributed by atoms with Crippen LogP contribution in [0.15, 0.2) is 30.3 Å². The number of nitrogens with two attached hydrogens (primary N) is 1. The summed E-state index contributed by atoms with van der Waals surface area (Å²) in [4.78, 5) is 0. The fourth-order valence-electron chi connectivity index (χ4n) is 1.86. The van der Waals surface area contributed by atoms with E-state index in [1.54, 1.807) is 25.1 Å². The number of halogens is 2. The molecule has 0 atom stereocenters. The number of nitrogens with one attached hydrogen (secondary N) is 1. The van der Waals surface area contributed by atoms with Crippen LogP contribution in [0.25, 0.3) is 0 Å². The quantitative estimate of drug-likeness (QED) is 0.804. The Bertz CT molecular complexity index is 644. The van der Waals surface area contributed by atoms with E-state index in [1.807, 2.05) is 6.92 Å². The monoisotopic (exact) mass is 292 g/mol. The molecule has 3 nitrogen and oxygen atoms in total. The highest BCUT2D eigenvalue weighted by Gasteiger charge is 2.12. The van der Waals surface area contributed by atoms with Crippen molar-refractivity contribution < 1.29 is 13.5 Å². The average Bonchev–Trinajstić information content (AvgIpc) is 2.48. The largest absolute Gasteiger partial charge is 0.491 e. The number of benzene rings is 2. The summed E-state index contributed by atoms with van der Waals surface area (Å²) < 4.78 is 33.2. The van der Waals surface area contributed by atoms with Gasteiger partial charge in [0.1, 0.15) is 17.3 Å². The van der Waals surface area contributed by atoms with Gasteiger partial charge in [-0.2, -0.15) is 0 Å². The Kier molecular flexibility index (Phi) is 4.62. The molecule has 2 rings (SSSR count). The molecular formula is C16H18F2N2O. The average molecular weight is 292 g/mol. The summed E-state index contributed by atoms with van der Waals surface area (Å²) in [5.74, 6) is -0.760. The van der Waals surface area contributed by atoms with E-state index in [-0.39, 0.29) is 5.69 Å². The summed E-state index contributed by atoms with van der Waals surface area (Å²) >= 11 is 0. The summed E-state index contributed by atoms with van der Waals surface area (Å²) in [7, 11) is 0. The van der Waals surface area contributed by atoms with Crippen molar-refractivity contribution in [1.29, 1.82) is 0 Å². The van der Waals surface area contributed by atoms with E-state index in [0.29, 0.717) is 29.3 Å². The lowest BCUT2D eigenvalue weighted by Gasteiger charge is -2.13. The fraction of sp³-hybridized carbons (Fsp3) is 0.250. The Morgan fingerprint density at radius 1 is 1.19 bits per heavy atom. The van der Waals surface area contributed by atoms with Gasteiger partial charge in [0.05, 0.1) is 12.3 Å². The van der Waals surface area contributed by atoms with E-state index in [1.165, 1.54) is 12.1 Å². The molecule has 0 aliphatic heterocycles. The number of aryl methyl sites for hydroxylation is 1. The first-order chi connectivity index (χ1) is 10.0. The maximum atomic E-state index is 14.0. The van der Waals surface area contributed by atoms with E-state index in [9.17, 15) is 8.78 Å². The van der Waals surface area contributed by atoms with Gasteiger partial charge < -0.3 is 15.8 Å². The van der Waals surface area contributed by atoms with Gasteiger partial charge in [0.2, 0.25) is 0 Å². The van der Waals surface area contributed by atoms with Crippen molar-refractivity contribution in [2.24, 2.45) is 0 Å². The molecule has 0 saturated carbocycles. The maximum Gasteiger partial charge on any atom is 0.152 e. The van der Waals surface area contributed by atoms with Crippen molar-refractivity contribution in [3.63, 3.8) is 0 Å². The topological polar surface area (TPSA) is 47.3 Å². The van der Waals surface area contributed by atoms with Crippen LogP contribution in [0.3, 0.4) is 0 Å². The molecule has 0 heterocycles. The zero-order valence-corrected chi connectivity index (χ0v) is 12.0. The van der Waals surface area contributed by atoms with Crippen LogP contribution < -0.4 is 15.8 Å². The van der Waals surface area contributed by atoms with E-state index in [2.05, 4.69) is 5.32 Å². The number of hydrogen-bond acceptors (Lipinski definition) is 3. The first-order valence-corrected chi connectivity index (χ1v) is 6.77. The minimum absolute atomic E-state index is 0.179. The summed E-state index contributed by atoms with van der Waals surface area (Å²) in [6, 6.07) is 7.54. The standard InChI is InChI=1S/C16H18F2N2O/c1-3-8-21-14-9-11(5-7-13(14)19)20-16-12(17)6-4-10(2)15(16)18/h4-7,9,20H,3,8,19H2,1-2H3. The van der Waals surface area contributed by atoms with E-state index in [4.69, 9.17) is 10.5 Å². The summed E-state index contributed by atoms with van der Waals surface area (Å²) in [5, 5.41) is 2.74. The van der Waals surface area contributed by atoms with Crippen LogP contribution in [-0.2, 0) is 0 Å². The van der Waals surface area contributed by atoms with Crippen molar-refractivity contribution in [3.05, 3.63) is 47.5 Å². The fourth-order valence-corrected chi connectivity index (χ4v) is 1.86. The summed E-state index contributed by atoms with van der Waals surface area (Å²) in [6.45, 7) is 4.09. The molecule has 2 aromatic rings. The number of hydrogen-bond donors (Lipinski definition) is 2. The van der Waals surface area contributed by atoms with Crippen LogP contribution in [0.2, 0.25) is 0 Å². The second-order valence-corrected chi connectivity index (χ2v) is 4.78. The molecule has 5 heteroatoms. The smallest absolute Gasteiger partial charge is 0.152 e. The third kappa shape index (κ3) is 3.42. The van der Waals surface area contributed by atoms with Crippen molar-refractivity contribution >= 4 is 17.1 Å². The predicted octanol–water partition coefficient (Wildman–Crippen LogP) is 4.39. The van der Waals surface area contributed by atoms with E-state index in [0.717, 1.165) is 6.42 Å². The van der Waals surface area contributed by atoms with Gasteiger partial charge in [-0.05, 0) is 37.1 Å². The Labute approximate surface area is 122 Å². The highest BCUT2D eigenvalue weighted by atomic mass is 19.1. The highest BCUT2D eigenvalue weighted by molar-refractivity contribution is 5.67. The molecule has 21 heavy (non-hydrogen) atoms. The molecule has 0 aliphatic carbocycles. The van der Waals surface area contributed by atoms with Gasteiger partial charge >= 0.3 is 0 Å². The zero-order valence-electron chi connectivity index (χ0n) is 12.0. The number of rotatable bonds is 5. The maximum absolute atomic E-state index is 14.0. The Balaban J connectivity index is 2.30. The van der Waals surface area contributed by atoms with Crippen molar-refractivity contribution in [2.45, 2.75) is 20.3 Å². The van der Waals surface area contributed by atoms with Gasteiger partial charge in [0.25, 0.3) is 0 Å². The number of anilines is 3. The molecule has 3 N–H and O–H groups in total. The van der Waals surface area contributed by atoms with Crippen LogP contribution in [0.4, 0.5) is 25.8 Å². The van der Waals surface area contributed by atoms with Crippen LogP contribution in [0.5, 0.6) is 5.75 Å². The number of ether oxygens (including phenoxy) is 1. The third-order valence-electron chi connectivity index (χ3n) is 3.03. The van der Waals surface area contributed by atoms with Crippen molar-refractivity contribution in [1.82, 2.24) is 0 Å². The van der Waals surface area contributed by atoms with Crippen molar-refractivity contribution in [2.75, 3.05) is 17.7 Å². The predicted molar refractivity (Wildman–Crippen MR) is 81.0 cm³/mol. The lowest BCUT2D eigenvalue weighted by molar-refractivity contribution is 0.319. The second kappa shape index (κ2) is 6.43. The molecule has 0 bridgehead atoms. The van der Waals surface area contributed by atoms with Gasteiger partial charge in [-0.15, -0.1) is 0 Å². The minimum atomic E-state index is -0.647. The van der Waals surface area contributed by atoms with Crippen molar-refractivity contribution in [3.8, 4) is 5.75 Å². The first kappa shape index (κ1) is 15.1. The molecule has 2 aromatic carbocycles. The van der Waals surface area contributed by atoms with Gasteiger partial charge in [0, 0.05) is 11.8 Å². The Morgan fingerprint density at radius 3 is 2.67 bits per heavy atom. The molecule has 0 radical (unpaired) electrons. The lowest BCUT2D eigenvalue weighted by Crippen LogP contribution is -2.02. The van der Waals surface area contributed by atoms with Crippen LogP contribution in [-0.4, -0.2) is 6.61 Å². The lowest BCUT2D eigenvalue weighted by atomic mass is 10.2. The summed E-state index contributed by atoms with van der Waals surface area (Å²) in [6.07, 6.45) is 0.845. The first-order valence-electron chi connectivity index (χ1n) is 6.77. The van der Waals surface area contributed by atoms with Gasteiger partial charge in [-0.1, -0.05) is 13.0 Å². The molecule has 0 fully saturated rings. The van der Waals surface area contributed by atoms with Crippen LogP contribution in [0.1, 0.15) is 18.9 Å². The molecule has 0 unspecified atom stereocenters. The SMILES string of the molecule is CCCOc1cc(Nc2c(F)ccc(C)c2F)ccc1N. The molecule has 0 amide bonds. The highest BCUT2D eigenvalue weighted by Crippen LogP contribution is 2.30. The van der Waals surface area contributed by atoms with Gasteiger partial charge in [0.15, 0.2) is 5.82 Å². The summed E-state index contributed by atoms with van der Waals surface area (Å²) in [5.41, 5.74) is 7.00. The van der Waals surface area contributed by atoms with E-state index < -0.39 is 11.6 Å². The van der Waals surface area contributed by atoms with Gasteiger partial charge in [-0.25, -0.2) is 8.78 Å². The van der Waals surface area contributed by atoms with E-state index >= 15 is 0 Å².